The molecule has 18 heavy (non-hydrogen) atoms. The summed E-state index contributed by atoms with van der Waals surface area (Å²) in [6.07, 6.45) is 0.280. The van der Waals surface area contributed by atoms with Gasteiger partial charge in [0.25, 0.3) is 5.91 Å². The fourth-order valence-electron chi connectivity index (χ4n) is 1.18. The molecule has 0 aliphatic carbocycles. The lowest BCUT2D eigenvalue weighted by Gasteiger charge is -2.16. The predicted molar refractivity (Wildman–Crippen MR) is 67.5 cm³/mol. The summed E-state index contributed by atoms with van der Waals surface area (Å²) in [6, 6.07) is 5.92. The minimum Gasteiger partial charge on any atom is -0.483 e. The zero-order valence-corrected chi connectivity index (χ0v) is 11.4. The van der Waals surface area contributed by atoms with Gasteiger partial charge in [0.2, 0.25) is 0 Å². The highest BCUT2D eigenvalue weighted by atomic mass is 79.9. The standard InChI is InChI=1S/C12H12BrFN2O2/c1-16(6-2-5-15)12(17)8-18-11-4-3-9(14)7-10(11)13/h3-4,7H,2,6,8H2,1H3. The highest BCUT2D eigenvalue weighted by Crippen LogP contribution is 2.25. The number of hydrogen-bond acceptors (Lipinski definition) is 3. The first-order valence-corrected chi connectivity index (χ1v) is 6.02. The fraction of sp³-hybridized carbons (Fsp3) is 0.333. The van der Waals surface area contributed by atoms with Crippen molar-refractivity contribution in [3.05, 3.63) is 28.5 Å². The highest BCUT2D eigenvalue weighted by molar-refractivity contribution is 9.10. The summed E-state index contributed by atoms with van der Waals surface area (Å²) < 4.78 is 18.5. The van der Waals surface area contributed by atoms with Crippen LogP contribution in [0, 0.1) is 17.1 Å². The van der Waals surface area contributed by atoms with E-state index >= 15 is 0 Å². The van der Waals surface area contributed by atoms with Crippen molar-refractivity contribution in [3.8, 4) is 11.8 Å². The topological polar surface area (TPSA) is 53.3 Å². The van der Waals surface area contributed by atoms with Crippen LogP contribution in [-0.4, -0.2) is 31.0 Å². The van der Waals surface area contributed by atoms with Crippen LogP contribution in [0.25, 0.3) is 0 Å². The summed E-state index contributed by atoms with van der Waals surface area (Å²) in [5.74, 6) is -0.216. The lowest BCUT2D eigenvalue weighted by molar-refractivity contribution is -0.132. The van der Waals surface area contributed by atoms with Crippen molar-refractivity contribution >= 4 is 21.8 Å². The molecule has 0 spiro atoms. The minimum absolute atomic E-state index is 0.147. The van der Waals surface area contributed by atoms with Crippen molar-refractivity contribution in [2.75, 3.05) is 20.2 Å². The number of halogens is 2. The number of carbonyl (C=O) groups is 1. The Kier molecular flexibility index (Phi) is 5.59. The van der Waals surface area contributed by atoms with Gasteiger partial charge in [-0.3, -0.25) is 4.79 Å². The quantitative estimate of drug-likeness (QED) is 0.838. The molecule has 96 valence electrons. The Hall–Kier alpha value is -1.61. The highest BCUT2D eigenvalue weighted by Gasteiger charge is 2.10. The van der Waals surface area contributed by atoms with Gasteiger partial charge in [0.05, 0.1) is 17.0 Å². The Balaban J connectivity index is 2.50. The van der Waals surface area contributed by atoms with Gasteiger partial charge in [-0.15, -0.1) is 0 Å². The van der Waals surface area contributed by atoms with E-state index in [1.54, 1.807) is 7.05 Å². The van der Waals surface area contributed by atoms with E-state index in [9.17, 15) is 9.18 Å². The number of benzene rings is 1. The summed E-state index contributed by atoms with van der Waals surface area (Å²) in [5.41, 5.74) is 0. The van der Waals surface area contributed by atoms with Gasteiger partial charge in [0, 0.05) is 13.6 Å². The van der Waals surface area contributed by atoms with Crippen LogP contribution in [0.3, 0.4) is 0 Å². The van der Waals surface area contributed by atoms with E-state index in [-0.39, 0.29) is 24.8 Å². The van der Waals surface area contributed by atoms with E-state index in [4.69, 9.17) is 10.00 Å². The average molecular weight is 315 g/mol. The summed E-state index contributed by atoms with van der Waals surface area (Å²) in [4.78, 5) is 13.0. The second-order valence-electron chi connectivity index (χ2n) is 3.59. The molecule has 0 unspecified atom stereocenters. The Bertz CT molecular complexity index is 474. The molecule has 0 atom stereocenters. The molecule has 0 bridgehead atoms. The molecule has 0 saturated heterocycles. The van der Waals surface area contributed by atoms with Crippen LogP contribution < -0.4 is 4.74 Å². The van der Waals surface area contributed by atoms with Gasteiger partial charge in [-0.05, 0) is 34.1 Å². The maximum Gasteiger partial charge on any atom is 0.260 e. The molecule has 0 heterocycles. The molecule has 4 nitrogen and oxygen atoms in total. The number of nitrogens with zero attached hydrogens (tertiary/aromatic N) is 2. The molecule has 0 saturated carbocycles. The minimum atomic E-state index is -0.383. The predicted octanol–water partition coefficient (Wildman–Crippen LogP) is 2.34. The third kappa shape index (κ3) is 4.34. The summed E-state index contributed by atoms with van der Waals surface area (Å²) in [6.45, 7) is 0.218. The van der Waals surface area contributed by atoms with Gasteiger partial charge in [-0.1, -0.05) is 0 Å². The first kappa shape index (κ1) is 14.5. The molecule has 1 rings (SSSR count). The lowest BCUT2D eigenvalue weighted by atomic mass is 10.3. The molecule has 0 N–H and O–H groups in total. The summed E-state index contributed by atoms with van der Waals surface area (Å²) >= 11 is 3.14. The monoisotopic (exact) mass is 314 g/mol. The Morgan fingerprint density at radius 2 is 2.33 bits per heavy atom. The van der Waals surface area contributed by atoms with E-state index < -0.39 is 0 Å². The first-order valence-electron chi connectivity index (χ1n) is 5.23. The van der Waals surface area contributed by atoms with Crippen molar-refractivity contribution in [2.24, 2.45) is 0 Å². The number of likely N-dealkylation sites (N-methyl/N-ethyl adjacent to an activating group) is 1. The summed E-state index contributed by atoms with van der Waals surface area (Å²) in [7, 11) is 1.60. The van der Waals surface area contributed by atoms with E-state index in [0.717, 1.165) is 0 Å². The number of ether oxygens (including phenoxy) is 1. The third-order valence-corrected chi connectivity index (χ3v) is 2.85. The largest absolute Gasteiger partial charge is 0.483 e. The van der Waals surface area contributed by atoms with Crippen molar-refractivity contribution in [1.82, 2.24) is 4.90 Å². The fourth-order valence-corrected chi connectivity index (χ4v) is 1.65. The Labute approximate surface area is 113 Å². The number of carbonyl (C=O) groups excluding carboxylic acids is 1. The van der Waals surface area contributed by atoms with Gasteiger partial charge in [-0.2, -0.15) is 5.26 Å². The maximum absolute atomic E-state index is 12.8. The van der Waals surface area contributed by atoms with Gasteiger partial charge in [0.15, 0.2) is 6.61 Å². The zero-order chi connectivity index (χ0) is 13.5. The number of amides is 1. The molecule has 1 aromatic carbocycles. The SMILES string of the molecule is CN(CCC#N)C(=O)COc1ccc(F)cc1Br. The van der Waals surface area contributed by atoms with Gasteiger partial charge in [-0.25, -0.2) is 4.39 Å². The van der Waals surface area contributed by atoms with Crippen LogP contribution in [-0.2, 0) is 4.79 Å². The first-order chi connectivity index (χ1) is 8.54. The van der Waals surface area contributed by atoms with Gasteiger partial charge >= 0.3 is 0 Å². The number of rotatable bonds is 5. The Morgan fingerprint density at radius 1 is 1.61 bits per heavy atom. The van der Waals surface area contributed by atoms with Crippen LogP contribution in [0.1, 0.15) is 6.42 Å². The molecule has 0 radical (unpaired) electrons. The van der Waals surface area contributed by atoms with Crippen molar-refractivity contribution in [2.45, 2.75) is 6.42 Å². The molecule has 0 aliphatic heterocycles. The van der Waals surface area contributed by atoms with Crippen LogP contribution in [0.15, 0.2) is 22.7 Å². The molecule has 0 fully saturated rings. The van der Waals surface area contributed by atoms with Gasteiger partial charge < -0.3 is 9.64 Å². The summed E-state index contributed by atoms with van der Waals surface area (Å²) in [5, 5.41) is 8.41. The molecule has 0 aromatic heterocycles. The van der Waals surface area contributed by atoms with Gasteiger partial charge in [0.1, 0.15) is 11.6 Å². The Morgan fingerprint density at radius 3 is 2.94 bits per heavy atom. The average Bonchev–Trinajstić information content (AvgIpc) is 2.34. The van der Waals surface area contributed by atoms with Crippen molar-refractivity contribution < 1.29 is 13.9 Å². The van der Waals surface area contributed by atoms with Crippen LogP contribution in [0.4, 0.5) is 4.39 Å². The van der Waals surface area contributed by atoms with E-state index in [1.807, 2.05) is 6.07 Å². The molecule has 1 amide bonds. The molecule has 1 aromatic rings. The van der Waals surface area contributed by atoms with Crippen LogP contribution in [0.2, 0.25) is 0 Å². The van der Waals surface area contributed by atoms with Crippen LogP contribution >= 0.6 is 15.9 Å². The second-order valence-corrected chi connectivity index (χ2v) is 4.44. The van der Waals surface area contributed by atoms with E-state index in [0.29, 0.717) is 16.8 Å². The molecule has 6 heteroatoms. The number of hydrogen-bond donors (Lipinski definition) is 0. The molecular formula is C12H12BrFN2O2. The van der Waals surface area contributed by atoms with Crippen molar-refractivity contribution in [3.63, 3.8) is 0 Å². The lowest BCUT2D eigenvalue weighted by Crippen LogP contribution is -2.32. The maximum atomic E-state index is 12.8. The van der Waals surface area contributed by atoms with E-state index in [2.05, 4.69) is 15.9 Å². The normalized spacial score (nSPS) is 9.67. The molecular weight excluding hydrogens is 303 g/mol. The second kappa shape index (κ2) is 6.97. The molecule has 0 aliphatic rings. The third-order valence-electron chi connectivity index (χ3n) is 2.23. The smallest absolute Gasteiger partial charge is 0.260 e. The zero-order valence-electron chi connectivity index (χ0n) is 9.82. The van der Waals surface area contributed by atoms with Crippen molar-refractivity contribution in [1.29, 1.82) is 5.26 Å². The van der Waals surface area contributed by atoms with E-state index in [1.165, 1.54) is 23.1 Å². The number of nitriles is 1. The van der Waals surface area contributed by atoms with Crippen LogP contribution in [0.5, 0.6) is 5.75 Å².